The summed E-state index contributed by atoms with van der Waals surface area (Å²) in [6.07, 6.45) is -0.539. The largest absolute Gasteiger partial charge is 0.475 e. The van der Waals surface area contributed by atoms with Crippen LogP contribution in [0.3, 0.4) is 0 Å². The Morgan fingerprint density at radius 2 is 2.20 bits per heavy atom. The third-order valence-corrected chi connectivity index (χ3v) is 4.66. The van der Waals surface area contributed by atoms with Gasteiger partial charge in [0.15, 0.2) is 0 Å². The summed E-state index contributed by atoms with van der Waals surface area (Å²) in [6, 6.07) is 3.72. The zero-order valence-electron chi connectivity index (χ0n) is 10.8. The van der Waals surface area contributed by atoms with Crippen LogP contribution >= 0.6 is 27.5 Å². The molecule has 6 heteroatoms. The Balaban J connectivity index is 2.10. The molecule has 0 fully saturated rings. The Hall–Kier alpha value is -0.880. The summed E-state index contributed by atoms with van der Waals surface area (Å²) in [5.41, 5.74) is 2.89. The Morgan fingerprint density at radius 1 is 1.45 bits per heavy atom. The van der Waals surface area contributed by atoms with Gasteiger partial charge in [-0.3, -0.25) is 0 Å². The molecule has 0 spiro atoms. The molecular formula is C14H13BrClNO3. The molecule has 0 saturated carbocycles. The van der Waals surface area contributed by atoms with E-state index in [0.717, 1.165) is 21.0 Å². The highest BCUT2D eigenvalue weighted by atomic mass is 79.9. The first-order chi connectivity index (χ1) is 9.58. The van der Waals surface area contributed by atoms with Gasteiger partial charge in [-0.15, -0.1) is 0 Å². The van der Waals surface area contributed by atoms with Crippen LogP contribution in [0.5, 0.6) is 5.88 Å². The molecule has 1 N–H and O–H groups in total. The number of hydrogen-bond donors (Lipinski definition) is 1. The fourth-order valence-corrected chi connectivity index (χ4v) is 3.04. The van der Waals surface area contributed by atoms with Gasteiger partial charge in [0.2, 0.25) is 5.88 Å². The summed E-state index contributed by atoms with van der Waals surface area (Å²) in [6.45, 7) is 2.99. The van der Waals surface area contributed by atoms with Crippen molar-refractivity contribution in [1.82, 2.24) is 4.98 Å². The molecule has 106 valence electrons. The van der Waals surface area contributed by atoms with Gasteiger partial charge in [-0.05, 0) is 40.0 Å². The summed E-state index contributed by atoms with van der Waals surface area (Å²) < 4.78 is 11.7. The van der Waals surface area contributed by atoms with Crippen molar-refractivity contribution >= 4 is 38.4 Å². The molecule has 0 bridgehead atoms. The molecule has 20 heavy (non-hydrogen) atoms. The number of halogens is 2. The molecule has 0 saturated heterocycles. The monoisotopic (exact) mass is 357 g/mol. The first kappa shape index (κ1) is 14.1. The summed E-state index contributed by atoms with van der Waals surface area (Å²) in [5.74, 6) is 0.450. The van der Waals surface area contributed by atoms with Crippen LogP contribution in [0.4, 0.5) is 0 Å². The van der Waals surface area contributed by atoms with Gasteiger partial charge in [-0.1, -0.05) is 11.6 Å². The lowest BCUT2D eigenvalue weighted by molar-refractivity contribution is 0.120. The molecule has 0 unspecified atom stereocenters. The van der Waals surface area contributed by atoms with Crippen LogP contribution in [0.2, 0.25) is 5.02 Å². The number of nitrogens with zero attached hydrogens (tertiary/aromatic N) is 1. The fraction of sp³-hybridized carbons (Fsp3) is 0.357. The van der Waals surface area contributed by atoms with E-state index in [1.165, 1.54) is 0 Å². The minimum Gasteiger partial charge on any atom is -0.475 e. The van der Waals surface area contributed by atoms with Crippen molar-refractivity contribution in [1.29, 1.82) is 0 Å². The van der Waals surface area contributed by atoms with Gasteiger partial charge in [0.25, 0.3) is 0 Å². The molecule has 1 aliphatic rings. The van der Waals surface area contributed by atoms with Crippen LogP contribution in [-0.2, 0) is 18.0 Å². The highest BCUT2D eigenvalue weighted by molar-refractivity contribution is 9.10. The molecule has 1 aliphatic heterocycles. The highest BCUT2D eigenvalue weighted by Gasteiger charge is 2.22. The predicted octanol–water partition coefficient (Wildman–Crippen LogP) is 3.44. The van der Waals surface area contributed by atoms with E-state index in [9.17, 15) is 5.11 Å². The number of benzene rings is 1. The van der Waals surface area contributed by atoms with E-state index in [-0.39, 0.29) is 6.61 Å². The predicted molar refractivity (Wildman–Crippen MR) is 80.1 cm³/mol. The molecule has 2 heterocycles. The van der Waals surface area contributed by atoms with Crippen molar-refractivity contribution < 1.29 is 14.6 Å². The SMILES string of the molecule is C[C@@H](O)COc1ccc2c3c(c(Br)c(Cl)c2n1)COC3. The molecule has 1 aromatic carbocycles. The second-order valence-electron chi connectivity index (χ2n) is 4.78. The molecule has 0 radical (unpaired) electrons. The minimum absolute atomic E-state index is 0.200. The van der Waals surface area contributed by atoms with E-state index in [2.05, 4.69) is 20.9 Å². The number of aliphatic hydroxyl groups is 1. The number of hydrogen-bond acceptors (Lipinski definition) is 4. The van der Waals surface area contributed by atoms with Gasteiger partial charge >= 0.3 is 0 Å². The Morgan fingerprint density at radius 3 is 2.95 bits per heavy atom. The Bertz CT molecular complexity index is 675. The van der Waals surface area contributed by atoms with Crippen molar-refractivity contribution in [2.45, 2.75) is 26.2 Å². The molecule has 3 rings (SSSR count). The summed E-state index contributed by atoms with van der Waals surface area (Å²) in [7, 11) is 0. The molecule has 0 amide bonds. The van der Waals surface area contributed by atoms with E-state index in [4.69, 9.17) is 21.1 Å². The van der Waals surface area contributed by atoms with Gasteiger partial charge in [0, 0.05) is 15.9 Å². The molecule has 0 aliphatic carbocycles. The average molecular weight is 359 g/mol. The van der Waals surface area contributed by atoms with Crippen molar-refractivity contribution in [2.75, 3.05) is 6.61 Å². The summed E-state index contributed by atoms with van der Waals surface area (Å²) in [5, 5.41) is 10.8. The van der Waals surface area contributed by atoms with Gasteiger partial charge < -0.3 is 14.6 Å². The van der Waals surface area contributed by atoms with Gasteiger partial charge in [0.05, 0.1) is 29.9 Å². The fourth-order valence-electron chi connectivity index (χ4n) is 2.24. The van der Waals surface area contributed by atoms with E-state index in [0.29, 0.717) is 29.6 Å². The molecule has 2 aromatic rings. The molecule has 1 aromatic heterocycles. The molecule has 1 atom stereocenters. The van der Waals surface area contributed by atoms with Crippen LogP contribution in [-0.4, -0.2) is 22.8 Å². The lowest BCUT2D eigenvalue weighted by atomic mass is 10.0. The van der Waals surface area contributed by atoms with Gasteiger partial charge in [-0.25, -0.2) is 4.98 Å². The number of fused-ring (bicyclic) bond motifs is 3. The van der Waals surface area contributed by atoms with Crippen LogP contribution in [0.25, 0.3) is 10.9 Å². The van der Waals surface area contributed by atoms with Crippen LogP contribution < -0.4 is 4.74 Å². The van der Waals surface area contributed by atoms with E-state index < -0.39 is 6.10 Å². The van der Waals surface area contributed by atoms with E-state index in [1.54, 1.807) is 13.0 Å². The third-order valence-electron chi connectivity index (χ3n) is 3.19. The maximum absolute atomic E-state index is 9.25. The van der Waals surface area contributed by atoms with Crippen LogP contribution in [0, 0.1) is 0 Å². The topological polar surface area (TPSA) is 51.6 Å². The van der Waals surface area contributed by atoms with Gasteiger partial charge in [0.1, 0.15) is 6.61 Å². The summed E-state index contributed by atoms with van der Waals surface area (Å²) in [4.78, 5) is 4.43. The number of aromatic nitrogens is 1. The second-order valence-corrected chi connectivity index (χ2v) is 5.95. The van der Waals surface area contributed by atoms with E-state index in [1.807, 2.05) is 6.07 Å². The summed E-state index contributed by atoms with van der Waals surface area (Å²) >= 11 is 9.88. The molecule has 4 nitrogen and oxygen atoms in total. The van der Waals surface area contributed by atoms with Crippen LogP contribution in [0.1, 0.15) is 18.1 Å². The van der Waals surface area contributed by atoms with Crippen molar-refractivity contribution in [3.63, 3.8) is 0 Å². The normalized spacial score (nSPS) is 15.4. The second kappa shape index (κ2) is 5.48. The van der Waals surface area contributed by atoms with Crippen molar-refractivity contribution in [3.8, 4) is 5.88 Å². The zero-order chi connectivity index (χ0) is 14.3. The average Bonchev–Trinajstić information content (AvgIpc) is 2.92. The highest BCUT2D eigenvalue weighted by Crippen LogP contribution is 2.40. The number of pyridine rings is 1. The smallest absolute Gasteiger partial charge is 0.213 e. The Labute approximate surface area is 129 Å². The maximum atomic E-state index is 9.25. The lowest BCUT2D eigenvalue weighted by Gasteiger charge is -2.12. The first-order valence-corrected chi connectivity index (χ1v) is 7.43. The van der Waals surface area contributed by atoms with Gasteiger partial charge in [-0.2, -0.15) is 0 Å². The van der Waals surface area contributed by atoms with E-state index >= 15 is 0 Å². The zero-order valence-corrected chi connectivity index (χ0v) is 13.2. The lowest BCUT2D eigenvalue weighted by Crippen LogP contribution is -2.13. The van der Waals surface area contributed by atoms with Crippen molar-refractivity contribution in [3.05, 3.63) is 32.8 Å². The third kappa shape index (κ3) is 2.39. The van der Waals surface area contributed by atoms with Crippen LogP contribution in [0.15, 0.2) is 16.6 Å². The maximum Gasteiger partial charge on any atom is 0.213 e. The minimum atomic E-state index is -0.539. The standard InChI is InChI=1S/C14H13BrClNO3/c1-7(18)4-20-11-3-2-8-9-5-19-6-10(9)12(15)13(16)14(8)17-11/h2-3,7,18H,4-6H2,1H3/t7-/m1/s1. The van der Waals surface area contributed by atoms with Crippen molar-refractivity contribution in [2.24, 2.45) is 0 Å². The number of ether oxygens (including phenoxy) is 2. The quantitative estimate of drug-likeness (QED) is 0.913. The number of rotatable bonds is 3. The Kier molecular flexibility index (Phi) is 3.86. The number of aliphatic hydroxyl groups excluding tert-OH is 1. The molecular weight excluding hydrogens is 346 g/mol. The first-order valence-electron chi connectivity index (χ1n) is 6.26.